The largest absolute Gasteiger partial charge is 0.369 e. The molecule has 0 unspecified atom stereocenters. The van der Waals surface area contributed by atoms with Crippen LogP contribution >= 0.6 is 0 Å². The minimum atomic E-state index is -4.32. The third-order valence-electron chi connectivity index (χ3n) is 8.28. The molecule has 4 fully saturated rings. The Kier molecular flexibility index (Phi) is 4.99. The van der Waals surface area contributed by atoms with Gasteiger partial charge in [0.25, 0.3) is 0 Å². The third kappa shape index (κ3) is 3.64. The minimum Gasteiger partial charge on any atom is -0.369 e. The van der Waals surface area contributed by atoms with Crippen molar-refractivity contribution in [1.82, 2.24) is 14.3 Å². The maximum Gasteiger partial charge on any atom is 0.249 e. The van der Waals surface area contributed by atoms with Gasteiger partial charge in [-0.25, -0.2) is 27.2 Å². The summed E-state index contributed by atoms with van der Waals surface area (Å²) in [5.74, 6) is 1.22. The normalized spacial score (nSPS) is 30.9. The molecule has 1 N–H and O–H groups in total. The SMILES string of the molecule is O=S(=O)(c1c(F)cccc1F)N1CCc2c(ncnc2NCC23CC4CC(CC(C4)C2)C3)C1. The lowest BCUT2D eigenvalue weighted by Crippen LogP contribution is -2.49. The van der Waals surface area contributed by atoms with E-state index in [1.54, 1.807) is 0 Å². The van der Waals surface area contributed by atoms with Gasteiger partial charge in [0, 0.05) is 18.7 Å². The van der Waals surface area contributed by atoms with Crippen molar-refractivity contribution in [2.75, 3.05) is 18.4 Å². The predicted octanol–water partition coefficient (Wildman–Crippen LogP) is 4.13. The molecule has 2 heterocycles. The molecular formula is C24H28F2N4O2S. The van der Waals surface area contributed by atoms with E-state index in [0.29, 0.717) is 17.5 Å². The highest BCUT2D eigenvalue weighted by Crippen LogP contribution is 2.60. The molecule has 9 heteroatoms. The number of fused-ring (bicyclic) bond motifs is 1. The number of nitrogens with zero attached hydrogens (tertiary/aromatic N) is 3. The van der Waals surface area contributed by atoms with Crippen molar-refractivity contribution in [3.63, 3.8) is 0 Å². The van der Waals surface area contributed by atoms with E-state index in [1.165, 1.54) is 44.9 Å². The highest BCUT2D eigenvalue weighted by atomic mass is 32.2. The average molecular weight is 475 g/mol. The molecule has 7 rings (SSSR count). The topological polar surface area (TPSA) is 75.2 Å². The quantitative estimate of drug-likeness (QED) is 0.705. The number of rotatable bonds is 5. The second-order valence-corrected chi connectivity index (χ2v) is 12.4. The van der Waals surface area contributed by atoms with Crippen molar-refractivity contribution in [3.05, 3.63) is 47.4 Å². The molecule has 0 amide bonds. The van der Waals surface area contributed by atoms with E-state index in [9.17, 15) is 17.2 Å². The van der Waals surface area contributed by atoms with Gasteiger partial charge >= 0.3 is 0 Å². The lowest BCUT2D eigenvalue weighted by Gasteiger charge is -2.57. The molecule has 6 nitrogen and oxygen atoms in total. The summed E-state index contributed by atoms with van der Waals surface area (Å²) in [6.45, 7) is 0.991. The Morgan fingerprint density at radius 3 is 2.30 bits per heavy atom. The van der Waals surface area contributed by atoms with Crippen LogP contribution in [0.3, 0.4) is 0 Å². The summed E-state index contributed by atoms with van der Waals surface area (Å²) in [4.78, 5) is 7.88. The number of aromatic nitrogens is 2. The van der Waals surface area contributed by atoms with Gasteiger partial charge in [-0.15, -0.1) is 0 Å². The Morgan fingerprint density at radius 2 is 1.67 bits per heavy atom. The van der Waals surface area contributed by atoms with E-state index >= 15 is 0 Å². The monoisotopic (exact) mass is 474 g/mol. The zero-order valence-corrected chi connectivity index (χ0v) is 19.3. The van der Waals surface area contributed by atoms with Crippen LogP contribution in [0.15, 0.2) is 29.4 Å². The highest BCUT2D eigenvalue weighted by molar-refractivity contribution is 7.89. The summed E-state index contributed by atoms with van der Waals surface area (Å²) in [5.41, 5.74) is 1.84. The summed E-state index contributed by atoms with van der Waals surface area (Å²) in [7, 11) is -4.32. The van der Waals surface area contributed by atoms with Gasteiger partial charge < -0.3 is 5.32 Å². The molecule has 0 saturated heterocycles. The van der Waals surface area contributed by atoms with Gasteiger partial charge in [0.15, 0.2) is 4.90 Å². The van der Waals surface area contributed by atoms with Gasteiger partial charge in [-0.1, -0.05) is 6.07 Å². The molecule has 1 aromatic carbocycles. The summed E-state index contributed by atoms with van der Waals surface area (Å²) < 4.78 is 55.5. The molecule has 0 spiro atoms. The molecule has 0 atom stereocenters. The van der Waals surface area contributed by atoms with E-state index < -0.39 is 26.6 Å². The molecule has 176 valence electrons. The lowest BCUT2D eigenvalue weighted by atomic mass is 9.49. The van der Waals surface area contributed by atoms with Gasteiger partial charge in [-0.3, -0.25) is 0 Å². The van der Waals surface area contributed by atoms with Gasteiger partial charge in [0.2, 0.25) is 10.0 Å². The van der Waals surface area contributed by atoms with Crippen molar-refractivity contribution < 1.29 is 17.2 Å². The van der Waals surface area contributed by atoms with E-state index in [2.05, 4.69) is 15.3 Å². The van der Waals surface area contributed by atoms with Crippen molar-refractivity contribution in [3.8, 4) is 0 Å². The fourth-order valence-electron chi connectivity index (χ4n) is 7.32. The van der Waals surface area contributed by atoms with Crippen LogP contribution in [0.2, 0.25) is 0 Å². The Morgan fingerprint density at radius 1 is 1.03 bits per heavy atom. The molecule has 2 aromatic rings. The van der Waals surface area contributed by atoms with Crippen LogP contribution < -0.4 is 5.32 Å². The summed E-state index contributed by atoms with van der Waals surface area (Å²) in [6.07, 6.45) is 9.91. The van der Waals surface area contributed by atoms with Crippen LogP contribution in [-0.2, 0) is 23.0 Å². The number of halogens is 2. The van der Waals surface area contributed by atoms with Crippen molar-refractivity contribution in [1.29, 1.82) is 0 Å². The molecule has 4 bridgehead atoms. The highest BCUT2D eigenvalue weighted by Gasteiger charge is 2.50. The average Bonchev–Trinajstić information content (AvgIpc) is 2.76. The Labute approximate surface area is 192 Å². The summed E-state index contributed by atoms with van der Waals surface area (Å²) in [5, 5.41) is 3.59. The minimum absolute atomic E-state index is 0.0278. The Hall–Kier alpha value is -2.13. The Balaban J connectivity index is 1.21. The summed E-state index contributed by atoms with van der Waals surface area (Å²) in [6, 6.07) is 3.08. The molecule has 4 aliphatic carbocycles. The van der Waals surface area contributed by atoms with Crippen LogP contribution in [0.1, 0.15) is 49.8 Å². The van der Waals surface area contributed by atoms with Crippen LogP contribution in [-0.4, -0.2) is 35.8 Å². The number of benzene rings is 1. The second-order valence-electron chi connectivity index (χ2n) is 10.6. The molecular weight excluding hydrogens is 446 g/mol. The van der Waals surface area contributed by atoms with Crippen molar-refractivity contribution in [2.24, 2.45) is 23.2 Å². The maximum absolute atomic E-state index is 14.2. The zero-order chi connectivity index (χ0) is 22.8. The lowest BCUT2D eigenvalue weighted by molar-refractivity contribution is -0.0444. The Bertz CT molecular complexity index is 1150. The fourth-order valence-corrected chi connectivity index (χ4v) is 8.83. The first-order chi connectivity index (χ1) is 15.8. The van der Waals surface area contributed by atoms with Crippen LogP contribution in [0.5, 0.6) is 0 Å². The van der Waals surface area contributed by atoms with Gasteiger partial charge in [-0.05, 0) is 80.2 Å². The van der Waals surface area contributed by atoms with Gasteiger partial charge in [-0.2, -0.15) is 4.31 Å². The van der Waals surface area contributed by atoms with Crippen LogP contribution in [0.4, 0.5) is 14.6 Å². The van der Waals surface area contributed by atoms with E-state index in [-0.39, 0.29) is 13.1 Å². The summed E-state index contributed by atoms with van der Waals surface area (Å²) >= 11 is 0. The number of hydrogen-bond acceptors (Lipinski definition) is 5. The van der Waals surface area contributed by atoms with E-state index in [1.807, 2.05) is 0 Å². The molecule has 4 saturated carbocycles. The third-order valence-corrected chi connectivity index (χ3v) is 10.2. The van der Waals surface area contributed by atoms with Gasteiger partial charge in [0.05, 0.1) is 12.2 Å². The molecule has 5 aliphatic rings. The standard InChI is InChI=1S/C24H28F2N4O2S/c25-19-2-1-3-20(26)22(19)33(31,32)30-5-4-18-21(12-30)28-14-29-23(18)27-13-24-9-15-6-16(10-24)8-17(7-15)11-24/h1-3,14-17H,4-13H2,(H,27,28,29). The van der Waals surface area contributed by atoms with Crippen molar-refractivity contribution in [2.45, 2.75) is 56.4 Å². The molecule has 0 radical (unpaired) electrons. The van der Waals surface area contributed by atoms with Crippen LogP contribution in [0, 0.1) is 34.8 Å². The predicted molar refractivity (Wildman–Crippen MR) is 119 cm³/mol. The molecule has 33 heavy (non-hydrogen) atoms. The zero-order valence-electron chi connectivity index (χ0n) is 18.4. The first-order valence-electron chi connectivity index (χ1n) is 11.8. The maximum atomic E-state index is 14.2. The van der Waals surface area contributed by atoms with Crippen LogP contribution in [0.25, 0.3) is 0 Å². The fraction of sp³-hybridized carbons (Fsp3) is 0.583. The smallest absolute Gasteiger partial charge is 0.249 e. The van der Waals surface area contributed by atoms with E-state index in [4.69, 9.17) is 0 Å². The molecule has 1 aromatic heterocycles. The number of sulfonamides is 1. The number of nitrogens with one attached hydrogen (secondary N) is 1. The van der Waals surface area contributed by atoms with Crippen molar-refractivity contribution >= 4 is 15.8 Å². The van der Waals surface area contributed by atoms with Gasteiger partial charge in [0.1, 0.15) is 23.8 Å². The van der Waals surface area contributed by atoms with E-state index in [0.717, 1.165) is 58.2 Å². The first-order valence-corrected chi connectivity index (χ1v) is 13.3. The molecule has 1 aliphatic heterocycles. The number of anilines is 1. The first kappa shape index (κ1) is 21.4. The number of hydrogen-bond donors (Lipinski definition) is 1. The second kappa shape index (κ2) is 7.70.